The minimum atomic E-state index is 0.161. The number of H-pyrrole nitrogens is 1. The highest BCUT2D eigenvalue weighted by molar-refractivity contribution is 5.79. The van der Waals surface area contributed by atoms with E-state index >= 15 is 0 Å². The molecule has 30 heavy (non-hydrogen) atoms. The van der Waals surface area contributed by atoms with Crippen LogP contribution in [0.15, 0.2) is 54.9 Å². The highest BCUT2D eigenvalue weighted by Gasteiger charge is 2.20. The number of methoxy groups -OCH3 is 1. The van der Waals surface area contributed by atoms with Gasteiger partial charge in [0, 0.05) is 12.4 Å². The van der Waals surface area contributed by atoms with Crippen LogP contribution in [0.3, 0.4) is 0 Å². The monoisotopic (exact) mass is 398 g/mol. The lowest BCUT2D eigenvalue weighted by atomic mass is 10.1. The molecule has 0 aliphatic heterocycles. The van der Waals surface area contributed by atoms with E-state index in [4.69, 9.17) is 15.5 Å². The van der Waals surface area contributed by atoms with Crippen LogP contribution in [0.5, 0.6) is 5.75 Å². The molecule has 0 spiro atoms. The number of hydrogen-bond donors (Lipinski definition) is 2. The molecular formula is C21H18N8O. The molecule has 0 amide bonds. The fourth-order valence-electron chi connectivity index (χ4n) is 3.40. The smallest absolute Gasteiger partial charge is 0.223 e. The van der Waals surface area contributed by atoms with Gasteiger partial charge in [-0.1, -0.05) is 12.1 Å². The van der Waals surface area contributed by atoms with Crippen molar-refractivity contribution in [2.45, 2.75) is 6.92 Å². The van der Waals surface area contributed by atoms with Crippen LogP contribution < -0.4 is 10.5 Å². The molecule has 0 saturated heterocycles. The van der Waals surface area contributed by atoms with Gasteiger partial charge in [0.05, 0.1) is 12.8 Å². The number of pyridine rings is 1. The van der Waals surface area contributed by atoms with Crippen molar-refractivity contribution < 1.29 is 4.74 Å². The summed E-state index contributed by atoms with van der Waals surface area (Å²) in [5, 5.41) is 7.03. The molecule has 9 heteroatoms. The van der Waals surface area contributed by atoms with Gasteiger partial charge in [-0.3, -0.25) is 9.50 Å². The molecule has 9 nitrogen and oxygen atoms in total. The minimum absolute atomic E-state index is 0.161. The molecule has 0 radical (unpaired) electrons. The highest BCUT2D eigenvalue weighted by atomic mass is 16.5. The fourth-order valence-corrected chi connectivity index (χ4v) is 3.40. The zero-order valence-corrected chi connectivity index (χ0v) is 16.4. The second kappa shape index (κ2) is 6.96. The van der Waals surface area contributed by atoms with Crippen molar-refractivity contribution in [2.75, 3.05) is 12.8 Å². The molecule has 5 aromatic rings. The Bertz CT molecular complexity index is 1320. The van der Waals surface area contributed by atoms with Crippen molar-refractivity contribution in [1.29, 1.82) is 0 Å². The van der Waals surface area contributed by atoms with Crippen molar-refractivity contribution in [1.82, 2.24) is 34.5 Å². The van der Waals surface area contributed by atoms with Crippen molar-refractivity contribution in [3.8, 4) is 39.8 Å². The summed E-state index contributed by atoms with van der Waals surface area (Å²) in [6.07, 6.45) is 3.69. The normalized spacial score (nSPS) is 11.1. The second-order valence-corrected chi connectivity index (χ2v) is 6.72. The third kappa shape index (κ3) is 3.02. The average molecular weight is 398 g/mol. The number of benzene rings is 1. The maximum absolute atomic E-state index is 5.90. The van der Waals surface area contributed by atoms with Gasteiger partial charge in [0.2, 0.25) is 5.95 Å². The third-order valence-corrected chi connectivity index (χ3v) is 4.77. The summed E-state index contributed by atoms with van der Waals surface area (Å²) in [6, 6.07) is 13.7. The summed E-state index contributed by atoms with van der Waals surface area (Å²) >= 11 is 0. The molecule has 0 aliphatic carbocycles. The Hall–Kier alpha value is -4.27. The van der Waals surface area contributed by atoms with Crippen molar-refractivity contribution in [2.24, 2.45) is 0 Å². The Morgan fingerprint density at radius 1 is 0.933 bits per heavy atom. The molecule has 0 fully saturated rings. The van der Waals surface area contributed by atoms with Gasteiger partial charge in [-0.2, -0.15) is 15.1 Å². The van der Waals surface area contributed by atoms with E-state index < -0.39 is 0 Å². The molecule has 0 saturated carbocycles. The van der Waals surface area contributed by atoms with E-state index in [9.17, 15) is 0 Å². The van der Waals surface area contributed by atoms with E-state index in [1.165, 1.54) is 0 Å². The standard InChI is InChI=1S/C21H18N8O/c1-12-24-20(27-21(22)25-12)19-18(16-9-10-23-28-16)26-17-8-5-14(11-29(17)19)13-3-6-15(30-2)7-4-13/h3-11H,1-2H3,(H,23,28)(H2,22,24,25,27). The number of rotatable bonds is 4. The van der Waals surface area contributed by atoms with Gasteiger partial charge in [-0.15, -0.1) is 0 Å². The Kier molecular flexibility index (Phi) is 4.13. The molecule has 1 aromatic carbocycles. The molecule has 4 aromatic heterocycles. The first-order valence-corrected chi connectivity index (χ1v) is 9.27. The largest absolute Gasteiger partial charge is 0.497 e. The predicted octanol–water partition coefficient (Wildman–Crippen LogP) is 3.14. The fraction of sp³-hybridized carbons (Fsp3) is 0.0952. The molecule has 4 heterocycles. The number of nitrogens with one attached hydrogen (secondary N) is 1. The van der Waals surface area contributed by atoms with Gasteiger partial charge in [0.15, 0.2) is 5.82 Å². The van der Waals surface area contributed by atoms with Crippen molar-refractivity contribution >= 4 is 11.6 Å². The van der Waals surface area contributed by atoms with Crippen LogP contribution in [0.25, 0.3) is 39.7 Å². The summed E-state index contributed by atoms with van der Waals surface area (Å²) in [4.78, 5) is 17.7. The first-order valence-electron chi connectivity index (χ1n) is 9.27. The topological polar surface area (TPSA) is 120 Å². The van der Waals surface area contributed by atoms with Gasteiger partial charge in [-0.25, -0.2) is 9.97 Å². The van der Waals surface area contributed by atoms with Gasteiger partial charge in [-0.05, 0) is 48.4 Å². The summed E-state index contributed by atoms with van der Waals surface area (Å²) < 4.78 is 7.22. The molecule has 0 atom stereocenters. The van der Waals surface area contributed by atoms with E-state index in [1.54, 1.807) is 20.2 Å². The summed E-state index contributed by atoms with van der Waals surface area (Å²) in [5.41, 5.74) is 10.9. The summed E-state index contributed by atoms with van der Waals surface area (Å²) in [7, 11) is 1.65. The summed E-state index contributed by atoms with van der Waals surface area (Å²) in [5.74, 6) is 1.95. The van der Waals surface area contributed by atoms with Crippen molar-refractivity contribution in [3.63, 3.8) is 0 Å². The predicted molar refractivity (Wildman–Crippen MR) is 113 cm³/mol. The van der Waals surface area contributed by atoms with Crippen LogP contribution in [0.4, 0.5) is 5.95 Å². The maximum atomic E-state index is 5.90. The lowest BCUT2D eigenvalue weighted by Gasteiger charge is -2.08. The van der Waals surface area contributed by atoms with Crippen molar-refractivity contribution in [3.05, 3.63) is 60.7 Å². The number of imidazole rings is 1. The van der Waals surface area contributed by atoms with Gasteiger partial charge in [0.1, 0.15) is 28.6 Å². The van der Waals surface area contributed by atoms with E-state index in [-0.39, 0.29) is 5.95 Å². The van der Waals surface area contributed by atoms with E-state index in [0.29, 0.717) is 23.0 Å². The number of nitrogen functional groups attached to an aromatic ring is 1. The summed E-state index contributed by atoms with van der Waals surface area (Å²) in [6.45, 7) is 1.78. The minimum Gasteiger partial charge on any atom is -0.497 e. The Labute approximate surface area is 171 Å². The molecular weight excluding hydrogens is 380 g/mol. The van der Waals surface area contributed by atoms with Crippen LogP contribution in [-0.2, 0) is 0 Å². The number of aromatic amines is 1. The van der Waals surface area contributed by atoms with Gasteiger partial charge < -0.3 is 10.5 Å². The molecule has 5 rings (SSSR count). The van der Waals surface area contributed by atoms with Crippen LogP contribution in [-0.4, -0.2) is 41.6 Å². The first-order chi connectivity index (χ1) is 14.6. The molecule has 0 unspecified atom stereocenters. The van der Waals surface area contributed by atoms with Gasteiger partial charge >= 0.3 is 0 Å². The Morgan fingerprint density at radius 3 is 2.43 bits per heavy atom. The Balaban J connectivity index is 1.76. The molecule has 3 N–H and O–H groups in total. The zero-order valence-electron chi connectivity index (χ0n) is 16.4. The number of anilines is 1. The maximum Gasteiger partial charge on any atom is 0.223 e. The van der Waals surface area contributed by atoms with Crippen LogP contribution in [0, 0.1) is 6.92 Å². The number of ether oxygens (including phenoxy) is 1. The number of hydrogen-bond acceptors (Lipinski definition) is 7. The number of aryl methyl sites for hydroxylation is 1. The number of aromatic nitrogens is 7. The second-order valence-electron chi connectivity index (χ2n) is 6.72. The van der Waals surface area contributed by atoms with Gasteiger partial charge in [0.25, 0.3) is 0 Å². The van der Waals surface area contributed by atoms with Crippen LogP contribution >= 0.6 is 0 Å². The van der Waals surface area contributed by atoms with E-state index in [2.05, 4.69) is 25.1 Å². The van der Waals surface area contributed by atoms with E-state index in [0.717, 1.165) is 28.2 Å². The van der Waals surface area contributed by atoms with Crippen LogP contribution in [0.1, 0.15) is 5.82 Å². The first kappa shape index (κ1) is 17.8. The number of nitrogens with two attached hydrogens (primary N) is 1. The number of fused-ring (bicyclic) bond motifs is 1. The molecule has 0 bridgehead atoms. The lowest BCUT2D eigenvalue weighted by molar-refractivity contribution is 0.415. The Morgan fingerprint density at radius 2 is 1.73 bits per heavy atom. The highest BCUT2D eigenvalue weighted by Crippen LogP contribution is 2.32. The SMILES string of the molecule is COc1ccc(-c2ccc3nc(-c4ccn[nH]4)c(-c4nc(C)nc(N)n4)n3c2)cc1. The molecule has 148 valence electrons. The third-order valence-electron chi connectivity index (χ3n) is 4.77. The zero-order chi connectivity index (χ0) is 20.7. The number of nitrogens with zero attached hydrogens (tertiary/aromatic N) is 6. The lowest BCUT2D eigenvalue weighted by Crippen LogP contribution is -2.04. The molecule has 0 aliphatic rings. The average Bonchev–Trinajstić information content (AvgIpc) is 3.40. The quantitative estimate of drug-likeness (QED) is 0.477. The van der Waals surface area contributed by atoms with E-state index in [1.807, 2.05) is 53.1 Å². The van der Waals surface area contributed by atoms with Crippen LogP contribution in [0.2, 0.25) is 0 Å².